The first-order chi connectivity index (χ1) is 13.0. The van der Waals surface area contributed by atoms with Crippen LogP contribution in [-0.2, 0) is 16.0 Å². The highest BCUT2D eigenvalue weighted by atomic mass is 16.5. The van der Waals surface area contributed by atoms with Crippen molar-refractivity contribution in [1.82, 2.24) is 10.2 Å². The van der Waals surface area contributed by atoms with Crippen LogP contribution in [0.3, 0.4) is 0 Å². The molecule has 7 nitrogen and oxygen atoms in total. The van der Waals surface area contributed by atoms with Gasteiger partial charge in [0, 0.05) is 13.1 Å². The van der Waals surface area contributed by atoms with Crippen LogP contribution in [0.2, 0.25) is 0 Å². The van der Waals surface area contributed by atoms with E-state index in [1.54, 1.807) is 0 Å². The van der Waals surface area contributed by atoms with Crippen molar-refractivity contribution in [2.75, 3.05) is 39.4 Å². The largest absolute Gasteiger partial charge is 0.490 e. The molecule has 0 bridgehead atoms. The predicted molar refractivity (Wildman–Crippen MR) is 104 cm³/mol. The van der Waals surface area contributed by atoms with Crippen LogP contribution in [-0.4, -0.2) is 56.1 Å². The Hall–Kier alpha value is -2.28. The Bertz CT molecular complexity index is 636. The molecular weight excluding hydrogens is 346 g/mol. The van der Waals surface area contributed by atoms with Gasteiger partial charge >= 0.3 is 0 Å². The molecule has 0 unspecified atom stereocenters. The molecule has 1 aromatic carbocycles. The molecule has 1 aliphatic heterocycles. The lowest BCUT2D eigenvalue weighted by Crippen LogP contribution is -2.45. The summed E-state index contributed by atoms with van der Waals surface area (Å²) in [6.45, 7) is 7.28. The van der Waals surface area contributed by atoms with E-state index in [4.69, 9.17) is 15.2 Å². The average Bonchev–Trinajstić information content (AvgIpc) is 2.64. The van der Waals surface area contributed by atoms with Gasteiger partial charge in [0.15, 0.2) is 11.5 Å². The Balaban J connectivity index is 1.79. The van der Waals surface area contributed by atoms with Gasteiger partial charge in [0.1, 0.15) is 0 Å². The average molecular weight is 377 g/mol. The van der Waals surface area contributed by atoms with Crippen molar-refractivity contribution in [3.63, 3.8) is 0 Å². The van der Waals surface area contributed by atoms with Crippen LogP contribution in [0, 0.1) is 5.92 Å². The van der Waals surface area contributed by atoms with Gasteiger partial charge in [0.2, 0.25) is 11.8 Å². The molecule has 1 aliphatic rings. The summed E-state index contributed by atoms with van der Waals surface area (Å²) in [4.78, 5) is 25.5. The van der Waals surface area contributed by atoms with Crippen LogP contribution >= 0.6 is 0 Å². The summed E-state index contributed by atoms with van der Waals surface area (Å²) in [5.74, 6) is 1.01. The zero-order valence-corrected chi connectivity index (χ0v) is 16.3. The van der Waals surface area contributed by atoms with E-state index < -0.39 is 0 Å². The normalized spacial score (nSPS) is 17.3. The van der Waals surface area contributed by atoms with Crippen molar-refractivity contribution >= 4 is 11.8 Å². The molecule has 1 saturated heterocycles. The molecular formula is C20H31N3O4. The summed E-state index contributed by atoms with van der Waals surface area (Å²) >= 11 is 0. The number of piperidine rings is 1. The van der Waals surface area contributed by atoms with E-state index in [1.807, 2.05) is 36.9 Å². The summed E-state index contributed by atoms with van der Waals surface area (Å²) in [6.07, 6.45) is 2.42. The highest BCUT2D eigenvalue weighted by Gasteiger charge is 2.24. The van der Waals surface area contributed by atoms with Gasteiger partial charge in [-0.3, -0.25) is 14.5 Å². The van der Waals surface area contributed by atoms with Gasteiger partial charge in [0.25, 0.3) is 0 Å². The zero-order valence-electron chi connectivity index (χ0n) is 16.3. The maximum atomic E-state index is 12.2. The van der Waals surface area contributed by atoms with Crippen molar-refractivity contribution in [3.8, 4) is 11.5 Å². The van der Waals surface area contributed by atoms with E-state index in [-0.39, 0.29) is 17.7 Å². The van der Waals surface area contributed by atoms with Crippen molar-refractivity contribution in [2.24, 2.45) is 11.7 Å². The van der Waals surface area contributed by atoms with Crippen LogP contribution in [0.25, 0.3) is 0 Å². The molecule has 1 atom stereocenters. The summed E-state index contributed by atoms with van der Waals surface area (Å²) in [7, 11) is 0. The molecule has 1 fully saturated rings. The standard InChI is InChI=1S/C20H31N3O4/c1-3-26-17-8-7-15(12-18(17)27-4-2)9-10-22-19(24)14-23-11-5-6-16(13-23)20(21)25/h7-8,12,16H,3-6,9-11,13-14H2,1-2H3,(H2,21,25)(H,22,24)/t16-/m0/s1. The first-order valence-corrected chi connectivity index (χ1v) is 9.70. The minimum Gasteiger partial charge on any atom is -0.490 e. The van der Waals surface area contributed by atoms with E-state index in [1.165, 1.54) is 0 Å². The number of nitrogens with one attached hydrogen (secondary N) is 1. The third kappa shape index (κ3) is 6.75. The van der Waals surface area contributed by atoms with E-state index in [2.05, 4.69) is 5.32 Å². The van der Waals surface area contributed by atoms with Gasteiger partial charge in [-0.2, -0.15) is 0 Å². The van der Waals surface area contributed by atoms with Gasteiger partial charge in [-0.1, -0.05) is 6.07 Å². The molecule has 0 aliphatic carbocycles. The maximum Gasteiger partial charge on any atom is 0.234 e. The van der Waals surface area contributed by atoms with Gasteiger partial charge in [0.05, 0.1) is 25.7 Å². The molecule has 0 radical (unpaired) electrons. The number of nitrogens with two attached hydrogens (primary N) is 1. The Kier molecular flexibility index (Phi) is 8.39. The number of hydrogen-bond acceptors (Lipinski definition) is 5. The van der Waals surface area contributed by atoms with E-state index in [0.717, 1.165) is 36.4 Å². The van der Waals surface area contributed by atoms with E-state index in [0.29, 0.717) is 39.3 Å². The van der Waals surface area contributed by atoms with E-state index >= 15 is 0 Å². The van der Waals surface area contributed by atoms with Crippen LogP contribution in [0.1, 0.15) is 32.3 Å². The number of amides is 2. The minimum atomic E-state index is -0.277. The SMILES string of the molecule is CCOc1ccc(CCNC(=O)CN2CCC[C@H](C(N)=O)C2)cc1OCC. The second kappa shape index (κ2) is 10.8. The van der Waals surface area contributed by atoms with Gasteiger partial charge in [-0.25, -0.2) is 0 Å². The summed E-state index contributed by atoms with van der Waals surface area (Å²) in [6, 6.07) is 5.86. The number of hydrogen-bond donors (Lipinski definition) is 2. The lowest BCUT2D eigenvalue weighted by atomic mass is 9.97. The second-order valence-corrected chi connectivity index (χ2v) is 6.72. The van der Waals surface area contributed by atoms with Gasteiger partial charge in [-0.05, 0) is 57.4 Å². The summed E-state index contributed by atoms with van der Waals surface area (Å²) in [5, 5.41) is 2.94. The molecule has 7 heteroatoms. The lowest BCUT2D eigenvalue weighted by molar-refractivity contribution is -0.126. The first-order valence-electron chi connectivity index (χ1n) is 9.70. The number of rotatable bonds is 10. The molecule has 3 N–H and O–H groups in total. The van der Waals surface area contributed by atoms with Crippen LogP contribution < -0.4 is 20.5 Å². The Labute approximate surface area is 161 Å². The third-order valence-electron chi connectivity index (χ3n) is 4.62. The van der Waals surface area contributed by atoms with Crippen LogP contribution in [0.15, 0.2) is 18.2 Å². The molecule has 0 aromatic heterocycles. The predicted octanol–water partition coefficient (Wildman–Crippen LogP) is 1.34. The second-order valence-electron chi connectivity index (χ2n) is 6.72. The van der Waals surface area contributed by atoms with Crippen LogP contribution in [0.5, 0.6) is 11.5 Å². The molecule has 0 saturated carbocycles. The molecule has 1 aromatic rings. The highest BCUT2D eigenvalue weighted by molar-refractivity contribution is 5.79. The summed E-state index contributed by atoms with van der Waals surface area (Å²) < 4.78 is 11.2. The Morgan fingerprint density at radius 2 is 1.96 bits per heavy atom. The van der Waals surface area contributed by atoms with Crippen molar-refractivity contribution < 1.29 is 19.1 Å². The molecule has 0 spiro atoms. The van der Waals surface area contributed by atoms with Crippen molar-refractivity contribution in [1.29, 1.82) is 0 Å². The van der Waals surface area contributed by atoms with E-state index in [9.17, 15) is 9.59 Å². The fourth-order valence-electron chi connectivity index (χ4n) is 3.29. The number of carbonyl (C=O) groups is 2. The minimum absolute atomic E-state index is 0.0314. The molecule has 2 rings (SSSR count). The number of nitrogens with zero attached hydrogens (tertiary/aromatic N) is 1. The Morgan fingerprint density at radius 3 is 2.67 bits per heavy atom. The maximum absolute atomic E-state index is 12.2. The van der Waals surface area contributed by atoms with Crippen molar-refractivity contribution in [3.05, 3.63) is 23.8 Å². The monoisotopic (exact) mass is 377 g/mol. The summed E-state index contributed by atoms with van der Waals surface area (Å²) in [5.41, 5.74) is 6.46. The molecule has 150 valence electrons. The molecule has 2 amide bonds. The smallest absolute Gasteiger partial charge is 0.234 e. The van der Waals surface area contributed by atoms with Gasteiger partial charge in [-0.15, -0.1) is 0 Å². The molecule has 1 heterocycles. The highest BCUT2D eigenvalue weighted by Crippen LogP contribution is 2.28. The lowest BCUT2D eigenvalue weighted by Gasteiger charge is -2.30. The fourth-order valence-corrected chi connectivity index (χ4v) is 3.29. The fraction of sp³-hybridized carbons (Fsp3) is 0.600. The number of likely N-dealkylation sites (tertiary alicyclic amines) is 1. The molecule has 27 heavy (non-hydrogen) atoms. The number of ether oxygens (including phenoxy) is 2. The van der Waals surface area contributed by atoms with Crippen LogP contribution in [0.4, 0.5) is 0 Å². The van der Waals surface area contributed by atoms with Crippen molar-refractivity contribution in [2.45, 2.75) is 33.1 Å². The number of benzene rings is 1. The quantitative estimate of drug-likeness (QED) is 0.642. The number of carbonyl (C=O) groups excluding carboxylic acids is 2. The van der Waals surface area contributed by atoms with Gasteiger partial charge < -0.3 is 20.5 Å². The number of primary amides is 1. The zero-order chi connectivity index (χ0) is 19.6. The Morgan fingerprint density at radius 1 is 1.22 bits per heavy atom. The first kappa shape index (κ1) is 21.0. The topological polar surface area (TPSA) is 93.9 Å². The third-order valence-corrected chi connectivity index (χ3v) is 4.62.